The van der Waals surface area contributed by atoms with Crippen LogP contribution in [0.1, 0.15) is 12.8 Å². The van der Waals surface area contributed by atoms with Crippen molar-refractivity contribution >= 4 is 17.5 Å². The van der Waals surface area contributed by atoms with Crippen LogP contribution in [0.4, 0.5) is 11.6 Å². The number of nitrogens with zero attached hydrogens (tertiary/aromatic N) is 9. The summed E-state index contributed by atoms with van der Waals surface area (Å²) in [4.78, 5) is 36.8. The lowest BCUT2D eigenvalue weighted by atomic mass is 9.96. The molecule has 0 aromatic carbocycles. The molecule has 31 heavy (non-hydrogen) atoms. The van der Waals surface area contributed by atoms with E-state index in [4.69, 9.17) is 0 Å². The molecule has 1 unspecified atom stereocenters. The van der Waals surface area contributed by atoms with Gasteiger partial charge in [-0.15, -0.1) is 0 Å². The molecule has 0 saturated carbocycles. The van der Waals surface area contributed by atoms with Gasteiger partial charge < -0.3 is 14.7 Å². The molecule has 160 valence electrons. The van der Waals surface area contributed by atoms with Crippen molar-refractivity contribution in [1.82, 2.24) is 34.6 Å². The maximum atomic E-state index is 13.2. The Balaban J connectivity index is 1.22. The molecule has 1 amide bonds. The summed E-state index contributed by atoms with van der Waals surface area (Å²) in [7, 11) is 0. The number of hydrogen-bond acceptors (Lipinski definition) is 8. The van der Waals surface area contributed by atoms with Crippen LogP contribution in [0.5, 0.6) is 0 Å². The van der Waals surface area contributed by atoms with E-state index in [2.05, 4.69) is 34.8 Å². The van der Waals surface area contributed by atoms with E-state index in [9.17, 15) is 4.79 Å². The molecular formula is C21H25N9O. The van der Waals surface area contributed by atoms with Gasteiger partial charge in [0.2, 0.25) is 5.91 Å². The molecular weight excluding hydrogens is 394 g/mol. The number of piperazine rings is 1. The molecule has 0 aliphatic carbocycles. The lowest BCUT2D eigenvalue weighted by molar-refractivity contribution is -0.136. The van der Waals surface area contributed by atoms with Crippen molar-refractivity contribution in [3.63, 3.8) is 0 Å². The van der Waals surface area contributed by atoms with Crippen molar-refractivity contribution < 1.29 is 4.79 Å². The summed E-state index contributed by atoms with van der Waals surface area (Å²) in [5.41, 5.74) is 0. The van der Waals surface area contributed by atoms with Gasteiger partial charge in [-0.1, -0.05) is 6.07 Å². The van der Waals surface area contributed by atoms with E-state index in [-0.39, 0.29) is 11.8 Å². The third-order valence-corrected chi connectivity index (χ3v) is 5.95. The molecule has 5 heterocycles. The predicted molar refractivity (Wildman–Crippen MR) is 115 cm³/mol. The van der Waals surface area contributed by atoms with E-state index in [1.54, 1.807) is 11.0 Å². The first-order chi connectivity index (χ1) is 15.3. The number of amides is 1. The van der Waals surface area contributed by atoms with Gasteiger partial charge in [0.15, 0.2) is 5.82 Å². The number of hydrogen-bond donors (Lipinski definition) is 0. The highest BCUT2D eigenvalue weighted by Gasteiger charge is 2.31. The van der Waals surface area contributed by atoms with Crippen LogP contribution >= 0.6 is 0 Å². The van der Waals surface area contributed by atoms with Gasteiger partial charge in [-0.25, -0.2) is 24.6 Å². The Labute approximate surface area is 180 Å². The van der Waals surface area contributed by atoms with Gasteiger partial charge in [-0.05, 0) is 25.0 Å². The van der Waals surface area contributed by atoms with E-state index in [0.29, 0.717) is 12.4 Å². The van der Waals surface area contributed by atoms with Crippen LogP contribution in [0.2, 0.25) is 0 Å². The summed E-state index contributed by atoms with van der Waals surface area (Å²) < 4.78 is 1.61. The standard InChI is InChI=1S/C21H25N9O/c31-21(28-10-8-27(9-11-28)18-5-1-2-6-23-18)17-4-3-7-29(13-17)19-12-20(25-15-24-19)30-16-22-14-26-30/h1-2,5-6,12,14-17H,3-4,7-11,13H2. The number of pyridine rings is 1. The van der Waals surface area contributed by atoms with E-state index in [1.807, 2.05) is 35.4 Å². The molecule has 0 radical (unpaired) electrons. The predicted octanol–water partition coefficient (Wildman–Crippen LogP) is 1.02. The Bertz CT molecular complexity index is 1000. The zero-order valence-electron chi connectivity index (χ0n) is 17.3. The van der Waals surface area contributed by atoms with Crippen molar-refractivity contribution in [2.24, 2.45) is 5.92 Å². The molecule has 0 spiro atoms. The first kappa shape index (κ1) is 19.4. The number of rotatable bonds is 4. The summed E-state index contributed by atoms with van der Waals surface area (Å²) in [6.07, 6.45) is 8.31. The minimum Gasteiger partial charge on any atom is -0.356 e. The van der Waals surface area contributed by atoms with Gasteiger partial charge in [0.1, 0.15) is 30.6 Å². The summed E-state index contributed by atoms with van der Waals surface area (Å²) in [6, 6.07) is 7.83. The lowest BCUT2D eigenvalue weighted by Gasteiger charge is -2.39. The Morgan fingerprint density at radius 3 is 2.55 bits per heavy atom. The van der Waals surface area contributed by atoms with Gasteiger partial charge in [0.05, 0.1) is 5.92 Å². The molecule has 10 heteroatoms. The van der Waals surface area contributed by atoms with Gasteiger partial charge in [-0.2, -0.15) is 5.10 Å². The van der Waals surface area contributed by atoms with E-state index >= 15 is 0 Å². The SMILES string of the molecule is O=C(C1CCCN(c2cc(-n3cncn3)ncn2)C1)N1CCN(c2ccccn2)CC1. The quantitative estimate of drug-likeness (QED) is 0.618. The van der Waals surface area contributed by atoms with Crippen LogP contribution in [0.3, 0.4) is 0 Å². The van der Waals surface area contributed by atoms with E-state index in [1.165, 1.54) is 12.7 Å². The Morgan fingerprint density at radius 1 is 0.903 bits per heavy atom. The minimum atomic E-state index is -0.0139. The summed E-state index contributed by atoms with van der Waals surface area (Å²) >= 11 is 0. The van der Waals surface area contributed by atoms with E-state index < -0.39 is 0 Å². The molecule has 2 aliphatic rings. The number of carbonyl (C=O) groups excluding carboxylic acids is 1. The molecule has 2 fully saturated rings. The van der Waals surface area contributed by atoms with Crippen LogP contribution in [-0.4, -0.2) is 79.8 Å². The molecule has 1 atom stereocenters. The minimum absolute atomic E-state index is 0.0139. The molecule has 10 nitrogen and oxygen atoms in total. The third-order valence-electron chi connectivity index (χ3n) is 5.95. The average molecular weight is 419 g/mol. The fourth-order valence-electron chi connectivity index (χ4n) is 4.30. The first-order valence-electron chi connectivity index (χ1n) is 10.6. The fourth-order valence-corrected chi connectivity index (χ4v) is 4.30. The number of piperidine rings is 1. The van der Waals surface area contributed by atoms with Crippen LogP contribution < -0.4 is 9.80 Å². The molecule has 3 aromatic rings. The van der Waals surface area contributed by atoms with Crippen molar-refractivity contribution in [3.8, 4) is 5.82 Å². The van der Waals surface area contributed by atoms with Crippen molar-refractivity contribution in [3.05, 3.63) is 49.4 Å². The number of carbonyl (C=O) groups is 1. The maximum Gasteiger partial charge on any atom is 0.227 e. The zero-order chi connectivity index (χ0) is 21.0. The number of aromatic nitrogens is 6. The largest absolute Gasteiger partial charge is 0.356 e. The topological polar surface area (TPSA) is 96.2 Å². The van der Waals surface area contributed by atoms with E-state index in [0.717, 1.165) is 57.2 Å². The Hall–Kier alpha value is -3.56. The van der Waals surface area contributed by atoms with Gasteiger partial charge in [0, 0.05) is 51.5 Å². The van der Waals surface area contributed by atoms with Crippen LogP contribution in [0.15, 0.2) is 49.4 Å². The monoisotopic (exact) mass is 419 g/mol. The molecule has 0 bridgehead atoms. The average Bonchev–Trinajstić information content (AvgIpc) is 3.40. The normalized spacial score (nSPS) is 19.5. The highest BCUT2D eigenvalue weighted by molar-refractivity contribution is 5.80. The van der Waals surface area contributed by atoms with Crippen molar-refractivity contribution in [1.29, 1.82) is 0 Å². The fraction of sp³-hybridized carbons (Fsp3) is 0.429. The smallest absolute Gasteiger partial charge is 0.227 e. The van der Waals surface area contributed by atoms with Crippen molar-refractivity contribution in [2.45, 2.75) is 12.8 Å². The lowest BCUT2D eigenvalue weighted by Crippen LogP contribution is -2.52. The highest BCUT2D eigenvalue weighted by Crippen LogP contribution is 2.24. The Morgan fingerprint density at radius 2 is 1.77 bits per heavy atom. The van der Waals surface area contributed by atoms with Crippen LogP contribution in [0.25, 0.3) is 5.82 Å². The van der Waals surface area contributed by atoms with Gasteiger partial charge >= 0.3 is 0 Å². The van der Waals surface area contributed by atoms with Crippen LogP contribution in [-0.2, 0) is 4.79 Å². The maximum absolute atomic E-state index is 13.2. The Kier molecular flexibility index (Phi) is 5.42. The second-order valence-electron chi connectivity index (χ2n) is 7.86. The second-order valence-corrected chi connectivity index (χ2v) is 7.86. The van der Waals surface area contributed by atoms with Gasteiger partial charge in [0.25, 0.3) is 0 Å². The molecule has 2 saturated heterocycles. The molecule has 3 aromatic heterocycles. The molecule has 0 N–H and O–H groups in total. The highest BCUT2D eigenvalue weighted by atomic mass is 16.2. The van der Waals surface area contributed by atoms with Crippen LogP contribution in [0, 0.1) is 5.92 Å². The first-order valence-corrected chi connectivity index (χ1v) is 10.6. The van der Waals surface area contributed by atoms with Crippen molar-refractivity contribution in [2.75, 3.05) is 49.1 Å². The second kappa shape index (κ2) is 8.66. The molecule has 2 aliphatic heterocycles. The zero-order valence-corrected chi connectivity index (χ0v) is 17.3. The molecule has 5 rings (SSSR count). The third kappa shape index (κ3) is 4.18. The summed E-state index contributed by atoms with van der Waals surface area (Å²) in [5.74, 6) is 2.70. The number of anilines is 2. The van der Waals surface area contributed by atoms with Gasteiger partial charge in [-0.3, -0.25) is 4.79 Å². The summed E-state index contributed by atoms with van der Waals surface area (Å²) in [6.45, 7) is 4.64. The summed E-state index contributed by atoms with van der Waals surface area (Å²) in [5, 5.41) is 4.13.